The predicted molar refractivity (Wildman–Crippen MR) is 78.7 cm³/mol. The van der Waals surface area contributed by atoms with Crippen LogP contribution in [0.1, 0.15) is 37.2 Å². The van der Waals surface area contributed by atoms with Gasteiger partial charge in [-0.05, 0) is 24.3 Å². The van der Waals surface area contributed by atoms with Crippen molar-refractivity contribution < 1.29 is 9.90 Å². The standard InChI is InChI=1S/C17H23NO2/c19-17(20)16-9-5-4-8-14(16)10-18-11-15(12-18)13-6-2-1-3-7-13/h1-3,6-7,14-16H,4-5,8-12H2,(H,19,20). The highest BCUT2D eigenvalue weighted by molar-refractivity contribution is 5.70. The number of likely N-dealkylation sites (tertiary alicyclic amines) is 1. The molecule has 108 valence electrons. The SMILES string of the molecule is O=C(O)C1CCCCC1CN1CC(c2ccccc2)C1. The molecule has 3 rings (SSSR count). The van der Waals surface area contributed by atoms with Crippen LogP contribution in [0.3, 0.4) is 0 Å². The largest absolute Gasteiger partial charge is 0.481 e. The van der Waals surface area contributed by atoms with E-state index in [0.29, 0.717) is 11.8 Å². The lowest BCUT2D eigenvalue weighted by molar-refractivity contribution is -0.145. The van der Waals surface area contributed by atoms with Gasteiger partial charge in [-0.2, -0.15) is 0 Å². The zero-order valence-corrected chi connectivity index (χ0v) is 11.9. The second kappa shape index (κ2) is 5.96. The Morgan fingerprint density at radius 3 is 2.55 bits per heavy atom. The highest BCUT2D eigenvalue weighted by Crippen LogP contribution is 2.34. The van der Waals surface area contributed by atoms with E-state index in [0.717, 1.165) is 38.9 Å². The van der Waals surface area contributed by atoms with E-state index in [4.69, 9.17) is 0 Å². The molecule has 0 bridgehead atoms. The maximum absolute atomic E-state index is 11.3. The van der Waals surface area contributed by atoms with Crippen molar-refractivity contribution in [2.24, 2.45) is 11.8 Å². The summed E-state index contributed by atoms with van der Waals surface area (Å²) in [4.78, 5) is 13.8. The molecule has 3 heteroatoms. The highest BCUT2D eigenvalue weighted by atomic mass is 16.4. The molecule has 20 heavy (non-hydrogen) atoms. The fourth-order valence-electron chi connectivity index (χ4n) is 3.74. The van der Waals surface area contributed by atoms with Gasteiger partial charge in [0.1, 0.15) is 0 Å². The van der Waals surface area contributed by atoms with E-state index < -0.39 is 5.97 Å². The molecule has 1 aliphatic heterocycles. The highest BCUT2D eigenvalue weighted by Gasteiger charge is 2.35. The Hall–Kier alpha value is -1.35. The van der Waals surface area contributed by atoms with Crippen LogP contribution in [-0.4, -0.2) is 35.6 Å². The molecule has 2 atom stereocenters. The fraction of sp³-hybridized carbons (Fsp3) is 0.588. The second-order valence-corrected chi connectivity index (χ2v) is 6.32. The Kier molecular flexibility index (Phi) is 4.06. The van der Waals surface area contributed by atoms with Crippen LogP contribution >= 0.6 is 0 Å². The van der Waals surface area contributed by atoms with Crippen molar-refractivity contribution in [2.45, 2.75) is 31.6 Å². The Morgan fingerprint density at radius 1 is 1.15 bits per heavy atom. The first-order chi connectivity index (χ1) is 9.74. The monoisotopic (exact) mass is 273 g/mol. The molecular formula is C17H23NO2. The summed E-state index contributed by atoms with van der Waals surface area (Å²) >= 11 is 0. The average Bonchev–Trinajstić information content (AvgIpc) is 2.43. The van der Waals surface area contributed by atoms with Crippen molar-refractivity contribution in [3.63, 3.8) is 0 Å². The third-order valence-electron chi connectivity index (χ3n) is 4.95. The van der Waals surface area contributed by atoms with Crippen LogP contribution in [0.2, 0.25) is 0 Å². The molecule has 1 saturated carbocycles. The van der Waals surface area contributed by atoms with Crippen molar-refractivity contribution in [3.05, 3.63) is 35.9 Å². The van der Waals surface area contributed by atoms with Gasteiger partial charge in [0.15, 0.2) is 0 Å². The van der Waals surface area contributed by atoms with Gasteiger partial charge < -0.3 is 10.0 Å². The van der Waals surface area contributed by atoms with Gasteiger partial charge in [0, 0.05) is 25.6 Å². The third kappa shape index (κ3) is 2.88. The summed E-state index contributed by atoms with van der Waals surface area (Å²) in [5.41, 5.74) is 1.42. The molecule has 2 fully saturated rings. The zero-order valence-electron chi connectivity index (χ0n) is 11.9. The van der Waals surface area contributed by atoms with E-state index in [1.807, 2.05) is 0 Å². The average molecular weight is 273 g/mol. The van der Waals surface area contributed by atoms with Crippen LogP contribution in [0.15, 0.2) is 30.3 Å². The summed E-state index contributed by atoms with van der Waals surface area (Å²) in [6, 6.07) is 10.6. The number of carboxylic acids is 1. The summed E-state index contributed by atoms with van der Waals surface area (Å²) in [7, 11) is 0. The molecule has 1 N–H and O–H groups in total. The molecule has 2 aliphatic rings. The summed E-state index contributed by atoms with van der Waals surface area (Å²) in [5.74, 6) is 0.301. The third-order valence-corrected chi connectivity index (χ3v) is 4.95. The molecular weight excluding hydrogens is 250 g/mol. The Labute approximate surface area is 120 Å². The summed E-state index contributed by atoms with van der Waals surface area (Å²) < 4.78 is 0. The number of carboxylic acid groups (broad SMARTS) is 1. The zero-order chi connectivity index (χ0) is 13.9. The van der Waals surface area contributed by atoms with Crippen LogP contribution in [0.4, 0.5) is 0 Å². The van der Waals surface area contributed by atoms with Crippen LogP contribution < -0.4 is 0 Å². The van der Waals surface area contributed by atoms with Gasteiger partial charge >= 0.3 is 5.97 Å². The van der Waals surface area contributed by atoms with Crippen LogP contribution in [0.25, 0.3) is 0 Å². The minimum Gasteiger partial charge on any atom is -0.481 e. The van der Waals surface area contributed by atoms with Gasteiger partial charge in [-0.25, -0.2) is 0 Å². The Balaban J connectivity index is 1.52. The molecule has 1 aliphatic carbocycles. The Bertz CT molecular complexity index is 453. The number of aliphatic carboxylic acids is 1. The first-order valence-electron chi connectivity index (χ1n) is 7.74. The quantitative estimate of drug-likeness (QED) is 0.917. The van der Waals surface area contributed by atoms with E-state index >= 15 is 0 Å². The van der Waals surface area contributed by atoms with E-state index in [9.17, 15) is 9.90 Å². The number of rotatable bonds is 4. The molecule has 0 spiro atoms. The molecule has 1 saturated heterocycles. The number of nitrogens with zero attached hydrogens (tertiary/aromatic N) is 1. The molecule has 1 aromatic carbocycles. The molecule has 1 aromatic rings. The summed E-state index contributed by atoms with van der Waals surface area (Å²) in [6.45, 7) is 3.15. The Morgan fingerprint density at radius 2 is 1.85 bits per heavy atom. The maximum atomic E-state index is 11.3. The van der Waals surface area contributed by atoms with Gasteiger partial charge in [-0.3, -0.25) is 4.79 Å². The number of hydrogen-bond donors (Lipinski definition) is 1. The molecule has 0 radical (unpaired) electrons. The van der Waals surface area contributed by atoms with Crippen LogP contribution in [0, 0.1) is 11.8 Å². The predicted octanol–water partition coefficient (Wildman–Crippen LogP) is 2.98. The van der Waals surface area contributed by atoms with E-state index in [-0.39, 0.29) is 5.92 Å². The minimum absolute atomic E-state index is 0.112. The number of benzene rings is 1. The van der Waals surface area contributed by atoms with Crippen LogP contribution in [0.5, 0.6) is 0 Å². The second-order valence-electron chi connectivity index (χ2n) is 6.32. The van der Waals surface area contributed by atoms with Gasteiger partial charge in [-0.15, -0.1) is 0 Å². The van der Waals surface area contributed by atoms with Crippen molar-refractivity contribution in [2.75, 3.05) is 19.6 Å². The van der Waals surface area contributed by atoms with Gasteiger partial charge in [-0.1, -0.05) is 43.2 Å². The maximum Gasteiger partial charge on any atom is 0.306 e. The van der Waals surface area contributed by atoms with Gasteiger partial charge in [0.25, 0.3) is 0 Å². The molecule has 0 amide bonds. The topological polar surface area (TPSA) is 40.5 Å². The van der Waals surface area contributed by atoms with Gasteiger partial charge in [0.05, 0.1) is 5.92 Å². The van der Waals surface area contributed by atoms with Crippen molar-refractivity contribution in [1.82, 2.24) is 4.90 Å². The smallest absolute Gasteiger partial charge is 0.306 e. The van der Waals surface area contributed by atoms with E-state index in [1.165, 1.54) is 12.0 Å². The summed E-state index contributed by atoms with van der Waals surface area (Å²) in [5, 5.41) is 9.32. The van der Waals surface area contributed by atoms with E-state index in [1.54, 1.807) is 0 Å². The lowest BCUT2D eigenvalue weighted by Gasteiger charge is -2.43. The number of carbonyl (C=O) groups is 1. The normalized spacial score (nSPS) is 28.0. The van der Waals surface area contributed by atoms with Crippen molar-refractivity contribution in [3.8, 4) is 0 Å². The van der Waals surface area contributed by atoms with Gasteiger partial charge in [0.2, 0.25) is 0 Å². The van der Waals surface area contributed by atoms with Crippen LogP contribution in [-0.2, 0) is 4.79 Å². The lowest BCUT2D eigenvalue weighted by Crippen LogP contribution is -2.49. The molecule has 1 heterocycles. The van der Waals surface area contributed by atoms with Crippen molar-refractivity contribution in [1.29, 1.82) is 0 Å². The molecule has 0 aromatic heterocycles. The fourth-order valence-corrected chi connectivity index (χ4v) is 3.74. The van der Waals surface area contributed by atoms with E-state index in [2.05, 4.69) is 35.2 Å². The number of hydrogen-bond acceptors (Lipinski definition) is 2. The summed E-state index contributed by atoms with van der Waals surface area (Å²) in [6.07, 6.45) is 4.24. The minimum atomic E-state index is -0.588. The van der Waals surface area contributed by atoms with Crippen molar-refractivity contribution >= 4 is 5.97 Å². The molecule has 3 nitrogen and oxygen atoms in total. The molecule has 2 unspecified atom stereocenters. The lowest BCUT2D eigenvalue weighted by atomic mass is 9.78. The first-order valence-corrected chi connectivity index (χ1v) is 7.74. The first kappa shape index (κ1) is 13.6.